The largest absolute Gasteiger partial charge is 0.468 e. The molecule has 0 radical (unpaired) electrons. The number of methoxy groups -OCH3 is 1. The fourth-order valence-corrected chi connectivity index (χ4v) is 1.46. The molecule has 0 aromatic rings. The molecule has 0 heterocycles. The van der Waals surface area contributed by atoms with Crippen LogP contribution >= 0.6 is 0 Å². The number of esters is 1. The number of amides is 1. The number of nitrogens with zero attached hydrogens (tertiary/aromatic N) is 1. The predicted molar refractivity (Wildman–Crippen MR) is 58.3 cm³/mol. The van der Waals surface area contributed by atoms with Gasteiger partial charge in [-0.05, 0) is 19.8 Å². The fraction of sp³-hybridized carbons (Fsp3) is 0.818. The summed E-state index contributed by atoms with van der Waals surface area (Å²) in [5, 5.41) is 0. The molecule has 1 amide bonds. The first-order valence-corrected chi connectivity index (χ1v) is 5.46. The molecule has 4 nitrogen and oxygen atoms in total. The molecule has 0 aliphatic rings. The van der Waals surface area contributed by atoms with Crippen molar-refractivity contribution < 1.29 is 14.3 Å². The molecule has 0 atom stereocenters. The van der Waals surface area contributed by atoms with Gasteiger partial charge in [-0.1, -0.05) is 13.8 Å². The number of hydrogen-bond donors (Lipinski definition) is 0. The first-order valence-electron chi connectivity index (χ1n) is 5.46. The topological polar surface area (TPSA) is 46.6 Å². The highest BCUT2D eigenvalue weighted by molar-refractivity contribution is 5.83. The summed E-state index contributed by atoms with van der Waals surface area (Å²) in [4.78, 5) is 24.5. The second-order valence-corrected chi connectivity index (χ2v) is 3.44. The third kappa shape index (κ3) is 4.32. The highest BCUT2D eigenvalue weighted by Crippen LogP contribution is 2.11. The smallest absolute Gasteiger partial charge is 0.325 e. The van der Waals surface area contributed by atoms with Crippen molar-refractivity contribution in [1.82, 2.24) is 4.90 Å². The average molecular weight is 215 g/mol. The van der Waals surface area contributed by atoms with E-state index in [1.807, 2.05) is 20.8 Å². The lowest BCUT2D eigenvalue weighted by Gasteiger charge is -2.23. The molecular formula is C11H21NO3. The monoisotopic (exact) mass is 215 g/mol. The Bertz CT molecular complexity index is 212. The molecule has 4 heteroatoms. The molecule has 0 bridgehead atoms. The summed E-state index contributed by atoms with van der Waals surface area (Å²) >= 11 is 0. The second kappa shape index (κ2) is 7.26. The molecule has 0 aliphatic heterocycles. The first-order chi connectivity index (χ1) is 7.10. The Morgan fingerprint density at radius 2 is 1.73 bits per heavy atom. The van der Waals surface area contributed by atoms with Crippen molar-refractivity contribution in [3.8, 4) is 0 Å². The van der Waals surface area contributed by atoms with Crippen LogP contribution in [0.25, 0.3) is 0 Å². The predicted octanol–water partition coefficient (Wildman–Crippen LogP) is 1.44. The Morgan fingerprint density at radius 1 is 1.20 bits per heavy atom. The van der Waals surface area contributed by atoms with E-state index in [1.54, 1.807) is 4.90 Å². The summed E-state index contributed by atoms with van der Waals surface area (Å²) < 4.78 is 4.55. The standard InChI is InChI=1S/C11H21NO3/c1-5-9(6-2)11(14)12(7-3)8-10(13)15-4/h9H,5-8H2,1-4H3. The Morgan fingerprint density at radius 3 is 2.07 bits per heavy atom. The Kier molecular flexibility index (Phi) is 6.75. The van der Waals surface area contributed by atoms with E-state index in [-0.39, 0.29) is 24.3 Å². The summed E-state index contributed by atoms with van der Waals surface area (Å²) in [6, 6.07) is 0. The van der Waals surface area contributed by atoms with E-state index in [1.165, 1.54) is 7.11 Å². The van der Waals surface area contributed by atoms with Crippen molar-refractivity contribution in [2.75, 3.05) is 20.2 Å². The van der Waals surface area contributed by atoms with Crippen molar-refractivity contribution in [3.63, 3.8) is 0 Å². The summed E-state index contributed by atoms with van der Waals surface area (Å²) in [6.07, 6.45) is 1.63. The van der Waals surface area contributed by atoms with E-state index < -0.39 is 0 Å². The van der Waals surface area contributed by atoms with Gasteiger partial charge in [0, 0.05) is 12.5 Å². The van der Waals surface area contributed by atoms with Crippen LogP contribution in [0.5, 0.6) is 0 Å². The maximum absolute atomic E-state index is 11.9. The average Bonchev–Trinajstić information content (AvgIpc) is 2.26. The minimum Gasteiger partial charge on any atom is -0.468 e. The lowest BCUT2D eigenvalue weighted by molar-refractivity contribution is -0.148. The van der Waals surface area contributed by atoms with Gasteiger partial charge in [-0.25, -0.2) is 0 Å². The zero-order chi connectivity index (χ0) is 11.8. The summed E-state index contributed by atoms with van der Waals surface area (Å²) in [7, 11) is 1.33. The highest BCUT2D eigenvalue weighted by atomic mass is 16.5. The van der Waals surface area contributed by atoms with E-state index >= 15 is 0 Å². The number of likely N-dealkylation sites (N-methyl/N-ethyl adjacent to an activating group) is 1. The Balaban J connectivity index is 4.38. The molecule has 0 aromatic heterocycles. The number of hydrogen-bond acceptors (Lipinski definition) is 3. The molecule has 0 saturated heterocycles. The van der Waals surface area contributed by atoms with Crippen LogP contribution in [0.4, 0.5) is 0 Å². The van der Waals surface area contributed by atoms with Crippen LogP contribution in [0.2, 0.25) is 0 Å². The van der Waals surface area contributed by atoms with Crippen LogP contribution in [0.1, 0.15) is 33.6 Å². The Labute approximate surface area is 91.6 Å². The van der Waals surface area contributed by atoms with Gasteiger partial charge in [0.1, 0.15) is 6.54 Å². The number of carbonyl (C=O) groups excluding carboxylic acids is 2. The van der Waals surface area contributed by atoms with Crippen molar-refractivity contribution in [2.24, 2.45) is 5.92 Å². The van der Waals surface area contributed by atoms with Crippen LogP contribution in [0, 0.1) is 5.92 Å². The Hall–Kier alpha value is -1.06. The van der Waals surface area contributed by atoms with Crippen molar-refractivity contribution in [2.45, 2.75) is 33.6 Å². The molecular weight excluding hydrogens is 194 g/mol. The van der Waals surface area contributed by atoms with Gasteiger partial charge >= 0.3 is 5.97 Å². The van der Waals surface area contributed by atoms with Crippen LogP contribution in [0.15, 0.2) is 0 Å². The third-order valence-corrected chi connectivity index (χ3v) is 2.58. The SMILES string of the molecule is CCC(CC)C(=O)N(CC)CC(=O)OC. The lowest BCUT2D eigenvalue weighted by Crippen LogP contribution is -2.39. The summed E-state index contributed by atoms with van der Waals surface area (Å²) in [5.41, 5.74) is 0. The number of ether oxygens (including phenoxy) is 1. The molecule has 0 aliphatic carbocycles. The van der Waals surface area contributed by atoms with Gasteiger partial charge in [-0.15, -0.1) is 0 Å². The van der Waals surface area contributed by atoms with Gasteiger partial charge < -0.3 is 9.64 Å². The van der Waals surface area contributed by atoms with Gasteiger partial charge in [0.15, 0.2) is 0 Å². The number of carbonyl (C=O) groups is 2. The van der Waals surface area contributed by atoms with Crippen molar-refractivity contribution >= 4 is 11.9 Å². The molecule has 15 heavy (non-hydrogen) atoms. The van der Waals surface area contributed by atoms with Gasteiger partial charge in [-0.2, -0.15) is 0 Å². The highest BCUT2D eigenvalue weighted by Gasteiger charge is 2.22. The fourth-order valence-electron chi connectivity index (χ4n) is 1.46. The molecule has 0 N–H and O–H groups in total. The minimum atomic E-state index is -0.365. The van der Waals surface area contributed by atoms with E-state index in [4.69, 9.17) is 0 Å². The van der Waals surface area contributed by atoms with Gasteiger partial charge in [0.2, 0.25) is 5.91 Å². The normalized spacial score (nSPS) is 10.2. The molecule has 0 unspecified atom stereocenters. The third-order valence-electron chi connectivity index (χ3n) is 2.58. The van der Waals surface area contributed by atoms with E-state index in [0.29, 0.717) is 6.54 Å². The van der Waals surface area contributed by atoms with Crippen LogP contribution in [-0.4, -0.2) is 37.0 Å². The zero-order valence-corrected chi connectivity index (χ0v) is 10.1. The van der Waals surface area contributed by atoms with Crippen LogP contribution in [-0.2, 0) is 14.3 Å². The van der Waals surface area contributed by atoms with Gasteiger partial charge in [0.25, 0.3) is 0 Å². The van der Waals surface area contributed by atoms with E-state index in [9.17, 15) is 9.59 Å². The van der Waals surface area contributed by atoms with Crippen molar-refractivity contribution in [3.05, 3.63) is 0 Å². The van der Waals surface area contributed by atoms with Gasteiger partial charge in [-0.3, -0.25) is 9.59 Å². The summed E-state index contributed by atoms with van der Waals surface area (Å²) in [6.45, 7) is 6.44. The number of rotatable bonds is 6. The quantitative estimate of drug-likeness (QED) is 0.630. The van der Waals surface area contributed by atoms with E-state index in [2.05, 4.69) is 4.74 Å². The first kappa shape index (κ1) is 13.9. The molecule has 0 fully saturated rings. The summed E-state index contributed by atoms with van der Waals surface area (Å²) in [5.74, 6) is -0.293. The van der Waals surface area contributed by atoms with Gasteiger partial charge in [0.05, 0.1) is 7.11 Å². The second-order valence-electron chi connectivity index (χ2n) is 3.44. The van der Waals surface area contributed by atoms with Crippen LogP contribution in [0.3, 0.4) is 0 Å². The molecule has 0 aromatic carbocycles. The zero-order valence-electron chi connectivity index (χ0n) is 10.1. The molecule has 0 rings (SSSR count). The van der Waals surface area contributed by atoms with Crippen LogP contribution < -0.4 is 0 Å². The molecule has 0 spiro atoms. The molecule has 0 saturated carbocycles. The van der Waals surface area contributed by atoms with E-state index in [0.717, 1.165) is 12.8 Å². The maximum Gasteiger partial charge on any atom is 0.325 e. The van der Waals surface area contributed by atoms with Crippen molar-refractivity contribution in [1.29, 1.82) is 0 Å². The minimum absolute atomic E-state index is 0.0228. The lowest BCUT2D eigenvalue weighted by atomic mass is 10.0. The maximum atomic E-state index is 11.9. The molecule has 88 valence electrons.